The number of likely N-dealkylation sites (tertiary alicyclic amines) is 1. The van der Waals surface area contributed by atoms with Gasteiger partial charge in [0.25, 0.3) is 0 Å². The molecule has 0 aliphatic carbocycles. The van der Waals surface area contributed by atoms with Crippen LogP contribution in [0.15, 0.2) is 0 Å². The van der Waals surface area contributed by atoms with Gasteiger partial charge in [0.05, 0.1) is 13.2 Å². The van der Waals surface area contributed by atoms with Crippen molar-refractivity contribution >= 4 is 16.5 Å². The molecule has 1 fully saturated rings. The molecule has 1 aliphatic heterocycles. The van der Waals surface area contributed by atoms with Crippen molar-refractivity contribution in [3.05, 3.63) is 5.01 Å². The van der Waals surface area contributed by atoms with E-state index in [4.69, 9.17) is 10.6 Å². The van der Waals surface area contributed by atoms with E-state index in [-0.39, 0.29) is 0 Å². The lowest BCUT2D eigenvalue weighted by molar-refractivity contribution is 0.152. The van der Waals surface area contributed by atoms with E-state index in [1.165, 1.54) is 17.8 Å². The predicted molar refractivity (Wildman–Crippen MR) is 63.0 cm³/mol. The minimum absolute atomic E-state index is 0.657. The molecule has 90 valence electrons. The topological polar surface area (TPSA) is 76.3 Å². The first-order valence-electron chi connectivity index (χ1n) is 5.32. The summed E-state index contributed by atoms with van der Waals surface area (Å²) < 4.78 is 5.17. The second-order valence-corrected chi connectivity index (χ2v) is 5.05. The second-order valence-electron chi connectivity index (χ2n) is 3.99. The number of nitrogens with zero attached hydrogens (tertiary/aromatic N) is 3. The third-order valence-electron chi connectivity index (χ3n) is 2.72. The molecule has 7 heteroatoms. The number of nitrogen functional groups attached to an aromatic ring is 1. The molecule has 1 aromatic heterocycles. The minimum Gasteiger partial charge on any atom is -0.384 e. The molecule has 3 N–H and O–H groups in total. The van der Waals surface area contributed by atoms with Crippen molar-refractivity contribution in [3.63, 3.8) is 0 Å². The average Bonchev–Trinajstić information content (AvgIpc) is 2.89. The Bertz CT molecular complexity index is 331. The summed E-state index contributed by atoms with van der Waals surface area (Å²) in [5.74, 6) is 5.92. The molecule has 0 saturated carbocycles. The molecule has 1 saturated heterocycles. The van der Waals surface area contributed by atoms with Gasteiger partial charge in [-0.1, -0.05) is 11.3 Å². The highest BCUT2D eigenvalue weighted by Gasteiger charge is 2.23. The van der Waals surface area contributed by atoms with Gasteiger partial charge in [0, 0.05) is 13.7 Å². The maximum absolute atomic E-state index is 5.26. The van der Waals surface area contributed by atoms with Crippen molar-refractivity contribution in [2.75, 3.05) is 32.2 Å². The Balaban J connectivity index is 1.82. The smallest absolute Gasteiger partial charge is 0.219 e. The van der Waals surface area contributed by atoms with E-state index >= 15 is 0 Å². The zero-order chi connectivity index (χ0) is 11.4. The summed E-state index contributed by atoms with van der Waals surface area (Å²) in [5, 5.41) is 9.66. The van der Waals surface area contributed by atoms with Crippen LogP contribution in [0.3, 0.4) is 0 Å². The molecule has 1 unspecified atom stereocenters. The van der Waals surface area contributed by atoms with E-state index < -0.39 is 0 Å². The van der Waals surface area contributed by atoms with Gasteiger partial charge >= 0.3 is 0 Å². The summed E-state index contributed by atoms with van der Waals surface area (Å²) in [7, 11) is 1.76. The van der Waals surface area contributed by atoms with E-state index in [1.54, 1.807) is 7.11 Å². The molecular weight excluding hydrogens is 226 g/mol. The lowest BCUT2D eigenvalue weighted by Gasteiger charge is -2.13. The molecular formula is C9H17N5OS. The van der Waals surface area contributed by atoms with Crippen LogP contribution in [0.5, 0.6) is 0 Å². The van der Waals surface area contributed by atoms with Crippen molar-refractivity contribution in [2.24, 2.45) is 11.8 Å². The molecule has 2 rings (SSSR count). The SMILES string of the molecule is COCC1CCN(Cc2nnc(NN)s2)C1. The molecule has 16 heavy (non-hydrogen) atoms. The van der Waals surface area contributed by atoms with Gasteiger partial charge in [-0.3, -0.25) is 10.3 Å². The fourth-order valence-corrected chi connectivity index (χ4v) is 2.69. The molecule has 2 heterocycles. The van der Waals surface area contributed by atoms with Crippen LogP contribution in [-0.4, -0.2) is 41.9 Å². The van der Waals surface area contributed by atoms with Crippen molar-refractivity contribution in [1.29, 1.82) is 0 Å². The van der Waals surface area contributed by atoms with Gasteiger partial charge in [-0.25, -0.2) is 5.84 Å². The fourth-order valence-electron chi connectivity index (χ4n) is 2.00. The number of nitrogens with one attached hydrogen (secondary N) is 1. The number of ether oxygens (including phenoxy) is 1. The first kappa shape index (κ1) is 11.7. The zero-order valence-corrected chi connectivity index (χ0v) is 10.2. The van der Waals surface area contributed by atoms with Gasteiger partial charge in [0.2, 0.25) is 5.13 Å². The summed E-state index contributed by atoms with van der Waals surface area (Å²) in [5.41, 5.74) is 2.51. The number of nitrogens with two attached hydrogens (primary N) is 1. The first-order valence-corrected chi connectivity index (χ1v) is 6.13. The lowest BCUT2D eigenvalue weighted by atomic mass is 10.1. The van der Waals surface area contributed by atoms with Crippen molar-refractivity contribution in [1.82, 2.24) is 15.1 Å². The number of anilines is 1. The lowest BCUT2D eigenvalue weighted by Crippen LogP contribution is -2.21. The number of aromatic nitrogens is 2. The molecule has 1 aliphatic rings. The molecule has 1 aromatic rings. The highest BCUT2D eigenvalue weighted by molar-refractivity contribution is 7.15. The highest BCUT2D eigenvalue weighted by Crippen LogP contribution is 2.21. The third-order valence-corrected chi connectivity index (χ3v) is 3.56. The van der Waals surface area contributed by atoms with Crippen molar-refractivity contribution in [3.8, 4) is 0 Å². The van der Waals surface area contributed by atoms with Crippen LogP contribution in [0.2, 0.25) is 0 Å². The summed E-state index contributed by atoms with van der Waals surface area (Å²) in [6, 6.07) is 0. The third kappa shape index (κ3) is 2.88. The number of rotatable bonds is 5. The maximum Gasteiger partial charge on any atom is 0.219 e. The first-order chi connectivity index (χ1) is 7.81. The van der Waals surface area contributed by atoms with Crippen LogP contribution in [-0.2, 0) is 11.3 Å². The number of methoxy groups -OCH3 is 1. The normalized spacial score (nSPS) is 21.5. The Labute approximate surface area is 98.8 Å². The standard InChI is InChI=1S/C9H17N5OS/c1-15-6-7-2-3-14(4-7)5-8-12-13-9(11-10)16-8/h7H,2-6,10H2,1H3,(H,11,13). The largest absolute Gasteiger partial charge is 0.384 e. The summed E-state index contributed by atoms with van der Waals surface area (Å²) >= 11 is 1.50. The van der Waals surface area contributed by atoms with Crippen LogP contribution in [0.25, 0.3) is 0 Å². The predicted octanol–water partition coefficient (Wildman–Crippen LogP) is 0.292. The monoisotopic (exact) mass is 243 g/mol. The van der Waals surface area contributed by atoms with Gasteiger partial charge in [-0.15, -0.1) is 10.2 Å². The van der Waals surface area contributed by atoms with Crippen molar-refractivity contribution < 1.29 is 4.74 Å². The van der Waals surface area contributed by atoms with E-state index in [2.05, 4.69) is 20.5 Å². The number of hydrogen-bond donors (Lipinski definition) is 2. The molecule has 0 radical (unpaired) electrons. The van der Waals surface area contributed by atoms with Gasteiger partial charge in [-0.05, 0) is 18.9 Å². The second kappa shape index (κ2) is 5.53. The summed E-state index contributed by atoms with van der Waals surface area (Å²) in [6.07, 6.45) is 1.20. The van der Waals surface area contributed by atoms with Crippen LogP contribution in [0.4, 0.5) is 5.13 Å². The van der Waals surface area contributed by atoms with E-state index in [0.29, 0.717) is 11.0 Å². The van der Waals surface area contributed by atoms with Crippen LogP contribution < -0.4 is 11.3 Å². The van der Waals surface area contributed by atoms with Crippen LogP contribution in [0, 0.1) is 5.92 Å². The van der Waals surface area contributed by atoms with E-state index in [0.717, 1.165) is 31.2 Å². The van der Waals surface area contributed by atoms with Crippen LogP contribution >= 0.6 is 11.3 Å². The quantitative estimate of drug-likeness (QED) is 0.572. The number of hydrogen-bond acceptors (Lipinski definition) is 7. The summed E-state index contributed by atoms with van der Waals surface area (Å²) in [4.78, 5) is 2.38. The average molecular weight is 243 g/mol. The maximum atomic E-state index is 5.26. The molecule has 0 spiro atoms. The Hall–Kier alpha value is -0.760. The van der Waals surface area contributed by atoms with E-state index in [9.17, 15) is 0 Å². The highest BCUT2D eigenvalue weighted by atomic mass is 32.1. The minimum atomic E-state index is 0.657. The molecule has 6 nitrogen and oxygen atoms in total. The molecule has 0 aromatic carbocycles. The van der Waals surface area contributed by atoms with E-state index in [1.807, 2.05) is 0 Å². The molecule has 0 bridgehead atoms. The van der Waals surface area contributed by atoms with Crippen LogP contribution in [0.1, 0.15) is 11.4 Å². The van der Waals surface area contributed by atoms with Gasteiger partial charge in [0.15, 0.2) is 0 Å². The Kier molecular flexibility index (Phi) is 4.05. The number of hydrazine groups is 1. The fraction of sp³-hybridized carbons (Fsp3) is 0.778. The Morgan fingerprint density at radius 2 is 2.50 bits per heavy atom. The Morgan fingerprint density at radius 1 is 1.62 bits per heavy atom. The van der Waals surface area contributed by atoms with Crippen molar-refractivity contribution in [2.45, 2.75) is 13.0 Å². The summed E-state index contributed by atoms with van der Waals surface area (Å²) in [6.45, 7) is 3.90. The molecule has 0 amide bonds. The Morgan fingerprint density at radius 3 is 3.19 bits per heavy atom. The zero-order valence-electron chi connectivity index (χ0n) is 9.35. The van der Waals surface area contributed by atoms with Gasteiger partial charge in [-0.2, -0.15) is 0 Å². The molecule has 1 atom stereocenters. The van der Waals surface area contributed by atoms with Gasteiger partial charge < -0.3 is 4.74 Å². The van der Waals surface area contributed by atoms with Gasteiger partial charge in [0.1, 0.15) is 5.01 Å².